The lowest BCUT2D eigenvalue weighted by atomic mass is 10.1. The lowest BCUT2D eigenvalue weighted by Crippen LogP contribution is -2.48. The number of ether oxygens (including phenoxy) is 1. The van der Waals surface area contributed by atoms with E-state index in [1.165, 1.54) is 12.3 Å². The number of aromatic nitrogens is 1. The number of rotatable bonds is 6. The molecule has 1 rings (SSSR count). The quantitative estimate of drug-likeness (QED) is 0.519. The van der Waals surface area contributed by atoms with Gasteiger partial charge in [0.2, 0.25) is 11.8 Å². The minimum atomic E-state index is -4.40. The van der Waals surface area contributed by atoms with Crippen LogP contribution in [-0.2, 0) is 11.3 Å². The van der Waals surface area contributed by atoms with Gasteiger partial charge in [-0.15, -0.1) is 0 Å². The predicted octanol–water partition coefficient (Wildman–Crippen LogP) is 1.60. The van der Waals surface area contributed by atoms with Gasteiger partial charge in [-0.1, -0.05) is 6.07 Å². The predicted molar refractivity (Wildman–Crippen MR) is 91.9 cm³/mol. The fourth-order valence-corrected chi connectivity index (χ4v) is 1.79. The third-order valence-electron chi connectivity index (χ3n) is 2.80. The Balaban J connectivity index is 2.43. The van der Waals surface area contributed by atoms with Crippen molar-refractivity contribution in [2.24, 2.45) is 4.99 Å². The molecule has 3 N–H and O–H groups in total. The third kappa shape index (κ3) is 9.70. The maximum Gasteiger partial charge on any atom is 0.422 e. The molecular formula is C16H24F3N5O2. The summed E-state index contributed by atoms with van der Waals surface area (Å²) in [7, 11) is 1.56. The van der Waals surface area contributed by atoms with Crippen molar-refractivity contribution in [3.63, 3.8) is 0 Å². The third-order valence-corrected chi connectivity index (χ3v) is 2.80. The highest BCUT2D eigenvalue weighted by molar-refractivity contribution is 5.86. The van der Waals surface area contributed by atoms with E-state index in [4.69, 9.17) is 0 Å². The van der Waals surface area contributed by atoms with Crippen molar-refractivity contribution in [2.45, 2.75) is 39.0 Å². The summed E-state index contributed by atoms with van der Waals surface area (Å²) in [6.45, 7) is 4.64. The number of hydrogen-bond donors (Lipinski definition) is 3. The van der Waals surface area contributed by atoms with Gasteiger partial charge in [-0.05, 0) is 26.3 Å². The van der Waals surface area contributed by atoms with E-state index in [2.05, 4.69) is 30.7 Å². The molecule has 0 saturated carbocycles. The maximum atomic E-state index is 12.1. The molecule has 0 aromatic carbocycles. The number of alkyl halides is 3. The first-order chi connectivity index (χ1) is 12.0. The number of pyridine rings is 1. The van der Waals surface area contributed by atoms with Crippen molar-refractivity contribution in [1.29, 1.82) is 0 Å². The van der Waals surface area contributed by atoms with Crippen LogP contribution in [0.3, 0.4) is 0 Å². The van der Waals surface area contributed by atoms with E-state index in [0.29, 0.717) is 18.1 Å². The van der Waals surface area contributed by atoms with Crippen LogP contribution in [0.5, 0.6) is 5.88 Å². The van der Waals surface area contributed by atoms with Gasteiger partial charge >= 0.3 is 6.18 Å². The fraction of sp³-hybridized carbons (Fsp3) is 0.562. The average molecular weight is 375 g/mol. The van der Waals surface area contributed by atoms with Gasteiger partial charge in [0.25, 0.3) is 0 Å². The molecule has 0 radical (unpaired) electrons. The van der Waals surface area contributed by atoms with E-state index in [-0.39, 0.29) is 23.9 Å². The van der Waals surface area contributed by atoms with E-state index >= 15 is 0 Å². The second kappa shape index (κ2) is 9.25. The summed E-state index contributed by atoms with van der Waals surface area (Å²) in [4.78, 5) is 19.6. The standard InChI is InChI=1S/C16H24F3N5O2/c1-15(2,3)24-12(25)9-23-14(20-4)22-8-11-5-6-13(21-7-11)26-10-16(17,18)19/h5-7H,8-10H2,1-4H3,(H,24,25)(H2,20,22,23). The SMILES string of the molecule is CN=C(NCC(=O)NC(C)(C)C)NCc1ccc(OCC(F)(F)F)nc1. The summed E-state index contributed by atoms with van der Waals surface area (Å²) in [5, 5.41) is 8.66. The molecule has 0 fully saturated rings. The number of aliphatic imine (C=N–C) groups is 1. The Morgan fingerprint density at radius 3 is 2.42 bits per heavy atom. The van der Waals surface area contributed by atoms with Crippen molar-refractivity contribution in [3.05, 3.63) is 23.9 Å². The smallest absolute Gasteiger partial charge is 0.422 e. The summed E-state index contributed by atoms with van der Waals surface area (Å²) < 4.78 is 40.8. The highest BCUT2D eigenvalue weighted by Gasteiger charge is 2.28. The topological polar surface area (TPSA) is 87.6 Å². The summed E-state index contributed by atoms with van der Waals surface area (Å²) in [5.74, 6) is 0.132. The van der Waals surface area contributed by atoms with E-state index < -0.39 is 12.8 Å². The number of amides is 1. The summed E-state index contributed by atoms with van der Waals surface area (Å²) in [5.41, 5.74) is 0.392. The van der Waals surface area contributed by atoms with E-state index in [1.54, 1.807) is 13.1 Å². The van der Waals surface area contributed by atoms with Gasteiger partial charge in [0, 0.05) is 31.4 Å². The Kier molecular flexibility index (Phi) is 7.66. The van der Waals surface area contributed by atoms with Crippen LogP contribution >= 0.6 is 0 Å². The summed E-state index contributed by atoms with van der Waals surface area (Å²) in [6.07, 6.45) is -3.00. The molecule has 1 heterocycles. The van der Waals surface area contributed by atoms with Crippen LogP contribution in [0.25, 0.3) is 0 Å². The molecule has 10 heteroatoms. The normalized spacial score (nSPS) is 12.5. The van der Waals surface area contributed by atoms with Gasteiger partial charge in [-0.3, -0.25) is 9.79 Å². The number of nitrogens with one attached hydrogen (secondary N) is 3. The van der Waals surface area contributed by atoms with Crippen LogP contribution in [0.4, 0.5) is 13.2 Å². The first-order valence-corrected chi connectivity index (χ1v) is 7.88. The number of guanidine groups is 1. The average Bonchev–Trinajstić information content (AvgIpc) is 2.51. The molecule has 0 spiro atoms. The molecule has 7 nitrogen and oxygen atoms in total. The molecule has 146 valence electrons. The number of nitrogens with zero attached hydrogens (tertiary/aromatic N) is 2. The van der Waals surface area contributed by atoms with E-state index in [1.807, 2.05) is 20.8 Å². The minimum absolute atomic E-state index is 0.0550. The van der Waals surface area contributed by atoms with Crippen molar-refractivity contribution >= 4 is 11.9 Å². The summed E-state index contributed by atoms with van der Waals surface area (Å²) >= 11 is 0. The molecule has 0 aliphatic carbocycles. The highest BCUT2D eigenvalue weighted by Crippen LogP contribution is 2.16. The van der Waals surface area contributed by atoms with Crippen molar-refractivity contribution in [2.75, 3.05) is 20.2 Å². The van der Waals surface area contributed by atoms with Crippen molar-refractivity contribution < 1.29 is 22.7 Å². The molecule has 1 amide bonds. The van der Waals surface area contributed by atoms with Crippen LogP contribution in [0.15, 0.2) is 23.3 Å². The number of halogens is 3. The zero-order valence-electron chi connectivity index (χ0n) is 15.2. The second-order valence-corrected chi connectivity index (χ2v) is 6.49. The number of carbonyl (C=O) groups excluding carboxylic acids is 1. The fourth-order valence-electron chi connectivity index (χ4n) is 1.79. The second-order valence-electron chi connectivity index (χ2n) is 6.49. The molecule has 0 bridgehead atoms. The highest BCUT2D eigenvalue weighted by atomic mass is 19.4. The van der Waals surface area contributed by atoms with Crippen LogP contribution in [0.2, 0.25) is 0 Å². The van der Waals surface area contributed by atoms with Gasteiger partial charge in [-0.2, -0.15) is 13.2 Å². The lowest BCUT2D eigenvalue weighted by molar-refractivity contribution is -0.154. The minimum Gasteiger partial charge on any atom is -0.468 e. The monoisotopic (exact) mass is 375 g/mol. The zero-order chi connectivity index (χ0) is 19.8. The summed E-state index contributed by atoms with van der Waals surface area (Å²) in [6, 6.07) is 2.95. The Labute approximate surface area is 150 Å². The number of hydrogen-bond acceptors (Lipinski definition) is 4. The molecule has 0 atom stereocenters. The van der Waals surface area contributed by atoms with Crippen molar-refractivity contribution in [3.8, 4) is 5.88 Å². The molecule has 1 aromatic heterocycles. The molecule has 26 heavy (non-hydrogen) atoms. The van der Waals surface area contributed by atoms with Gasteiger partial charge in [-0.25, -0.2) is 4.98 Å². The first kappa shape index (κ1) is 21.5. The van der Waals surface area contributed by atoms with Gasteiger partial charge in [0.1, 0.15) is 0 Å². The largest absolute Gasteiger partial charge is 0.468 e. The molecule has 0 aliphatic rings. The van der Waals surface area contributed by atoms with Crippen LogP contribution in [0.1, 0.15) is 26.3 Å². The first-order valence-electron chi connectivity index (χ1n) is 7.88. The van der Waals surface area contributed by atoms with Gasteiger partial charge in [0.15, 0.2) is 12.6 Å². The molecule has 0 unspecified atom stereocenters. The van der Waals surface area contributed by atoms with E-state index in [0.717, 1.165) is 0 Å². The van der Waals surface area contributed by atoms with E-state index in [9.17, 15) is 18.0 Å². The van der Waals surface area contributed by atoms with Gasteiger partial charge in [0.05, 0.1) is 6.54 Å². The van der Waals surface area contributed by atoms with Crippen LogP contribution in [-0.4, -0.2) is 48.8 Å². The molecule has 0 saturated heterocycles. The Morgan fingerprint density at radius 1 is 1.23 bits per heavy atom. The Bertz CT molecular complexity index is 610. The molecule has 1 aromatic rings. The van der Waals surface area contributed by atoms with Gasteiger partial charge < -0.3 is 20.7 Å². The Morgan fingerprint density at radius 2 is 1.92 bits per heavy atom. The number of carbonyl (C=O) groups is 1. The maximum absolute atomic E-state index is 12.1. The molecule has 0 aliphatic heterocycles. The zero-order valence-corrected chi connectivity index (χ0v) is 15.2. The Hall–Kier alpha value is -2.52. The van der Waals surface area contributed by atoms with Crippen molar-refractivity contribution in [1.82, 2.24) is 20.9 Å². The molecular weight excluding hydrogens is 351 g/mol. The van der Waals surface area contributed by atoms with Crippen LogP contribution in [0, 0.1) is 0 Å². The lowest BCUT2D eigenvalue weighted by Gasteiger charge is -2.21. The van der Waals surface area contributed by atoms with Crippen LogP contribution < -0.4 is 20.7 Å².